The van der Waals surface area contributed by atoms with Gasteiger partial charge < -0.3 is 21.4 Å². The maximum Gasteiger partial charge on any atom is 0.269 e. The van der Waals surface area contributed by atoms with Gasteiger partial charge in [0, 0.05) is 25.1 Å². The van der Waals surface area contributed by atoms with Crippen LogP contribution < -0.4 is 16.4 Å². The normalized spacial score (nSPS) is 10.8. The zero-order valence-electron chi connectivity index (χ0n) is 10.4. The number of imidazole rings is 1. The van der Waals surface area contributed by atoms with E-state index in [4.69, 9.17) is 11.0 Å². The van der Waals surface area contributed by atoms with Crippen molar-refractivity contribution in [3.05, 3.63) is 17.7 Å². The molecule has 19 heavy (non-hydrogen) atoms. The Kier molecular flexibility index (Phi) is 6.25. The number of aliphatic imine (C=N–C) groups is 1. The largest absolute Gasteiger partial charge is 0.364 e. The van der Waals surface area contributed by atoms with Gasteiger partial charge in [0.05, 0.1) is 12.0 Å². The summed E-state index contributed by atoms with van der Waals surface area (Å²) in [4.78, 5) is 21.3. The van der Waals surface area contributed by atoms with Crippen LogP contribution in [-0.2, 0) is 5.75 Å². The highest BCUT2D eigenvalue weighted by Crippen LogP contribution is 2.12. The Hall–Kier alpha value is -2.21. The molecule has 0 aliphatic rings. The summed E-state index contributed by atoms with van der Waals surface area (Å²) in [5, 5.41) is 14.1. The molecule has 0 aliphatic heterocycles. The van der Waals surface area contributed by atoms with Crippen molar-refractivity contribution in [3.8, 4) is 6.19 Å². The van der Waals surface area contributed by atoms with Crippen molar-refractivity contribution >= 4 is 23.6 Å². The van der Waals surface area contributed by atoms with Crippen LogP contribution in [0.1, 0.15) is 16.2 Å². The van der Waals surface area contributed by atoms with Crippen molar-refractivity contribution in [3.63, 3.8) is 0 Å². The SMILES string of the molecule is CNC(=NC#N)NCCSCc1[nH]cnc1C(N)=O. The van der Waals surface area contributed by atoms with E-state index in [1.807, 2.05) is 0 Å². The predicted octanol–water partition coefficient (Wildman–Crippen LogP) is -0.612. The molecule has 1 aromatic rings. The highest BCUT2D eigenvalue weighted by molar-refractivity contribution is 7.98. The standard InChI is InChI=1S/C10H15N7OS/c1-13-10(15-5-11)14-2-3-19-4-7-8(9(12)18)17-6-16-7/h6H,2-4H2,1H3,(H2,12,18)(H,16,17)(H2,13,14,15). The number of aromatic amines is 1. The molecule has 8 nitrogen and oxygen atoms in total. The summed E-state index contributed by atoms with van der Waals surface area (Å²) in [6.45, 7) is 0.645. The van der Waals surface area contributed by atoms with Crippen molar-refractivity contribution in [2.75, 3.05) is 19.3 Å². The molecule has 0 atom stereocenters. The maximum absolute atomic E-state index is 11.0. The molecule has 0 spiro atoms. The number of aromatic nitrogens is 2. The lowest BCUT2D eigenvalue weighted by Gasteiger charge is -2.06. The number of nitrogens with one attached hydrogen (secondary N) is 3. The molecular formula is C10H15N7OS. The minimum Gasteiger partial charge on any atom is -0.364 e. The van der Waals surface area contributed by atoms with Gasteiger partial charge in [-0.3, -0.25) is 4.79 Å². The molecule has 1 aromatic heterocycles. The van der Waals surface area contributed by atoms with Gasteiger partial charge in [-0.15, -0.1) is 4.99 Å². The molecule has 1 amide bonds. The van der Waals surface area contributed by atoms with Crippen molar-refractivity contribution in [2.24, 2.45) is 10.7 Å². The first kappa shape index (κ1) is 14.8. The quantitative estimate of drug-likeness (QED) is 0.238. The summed E-state index contributed by atoms with van der Waals surface area (Å²) in [6.07, 6.45) is 3.14. The molecule has 0 fully saturated rings. The summed E-state index contributed by atoms with van der Waals surface area (Å²) in [7, 11) is 1.68. The molecule has 0 saturated carbocycles. The van der Waals surface area contributed by atoms with Crippen LogP contribution in [-0.4, -0.2) is 41.2 Å². The Balaban J connectivity index is 2.28. The van der Waals surface area contributed by atoms with E-state index in [0.29, 0.717) is 18.3 Å². The van der Waals surface area contributed by atoms with Gasteiger partial charge in [-0.2, -0.15) is 17.0 Å². The van der Waals surface area contributed by atoms with Crippen LogP contribution in [0.5, 0.6) is 0 Å². The van der Waals surface area contributed by atoms with Gasteiger partial charge >= 0.3 is 0 Å². The fraction of sp³-hybridized carbons (Fsp3) is 0.400. The molecule has 1 rings (SSSR count). The number of guanidine groups is 1. The lowest BCUT2D eigenvalue weighted by Crippen LogP contribution is -2.35. The summed E-state index contributed by atoms with van der Waals surface area (Å²) in [5.74, 6) is 1.30. The first-order valence-electron chi connectivity index (χ1n) is 5.47. The summed E-state index contributed by atoms with van der Waals surface area (Å²) >= 11 is 1.61. The molecule has 1 heterocycles. The van der Waals surface area contributed by atoms with Gasteiger partial charge in [-0.1, -0.05) is 0 Å². The summed E-state index contributed by atoms with van der Waals surface area (Å²) < 4.78 is 0. The molecule has 0 unspecified atom stereocenters. The number of hydrogen-bond donors (Lipinski definition) is 4. The third-order valence-corrected chi connectivity index (χ3v) is 3.12. The zero-order chi connectivity index (χ0) is 14.1. The Bertz CT molecular complexity index is 490. The topological polar surface area (TPSA) is 132 Å². The van der Waals surface area contributed by atoms with Crippen LogP contribution in [0, 0.1) is 11.5 Å². The molecule has 0 aromatic carbocycles. The third-order valence-electron chi connectivity index (χ3n) is 2.14. The van der Waals surface area contributed by atoms with Gasteiger partial charge in [-0.05, 0) is 0 Å². The average Bonchev–Trinajstić information content (AvgIpc) is 2.85. The van der Waals surface area contributed by atoms with Crippen LogP contribution in [0.3, 0.4) is 0 Å². The van der Waals surface area contributed by atoms with Crippen LogP contribution >= 0.6 is 11.8 Å². The minimum absolute atomic E-state index is 0.280. The second kappa shape index (κ2) is 7.99. The highest BCUT2D eigenvalue weighted by atomic mass is 32.2. The van der Waals surface area contributed by atoms with Crippen LogP contribution in [0.4, 0.5) is 0 Å². The highest BCUT2D eigenvalue weighted by Gasteiger charge is 2.10. The van der Waals surface area contributed by atoms with E-state index in [-0.39, 0.29) is 5.69 Å². The number of nitriles is 1. The van der Waals surface area contributed by atoms with Gasteiger partial charge in [0.25, 0.3) is 5.91 Å². The summed E-state index contributed by atoms with van der Waals surface area (Å²) in [5.41, 5.74) is 6.18. The second-order valence-electron chi connectivity index (χ2n) is 3.38. The molecule has 0 radical (unpaired) electrons. The van der Waals surface area contributed by atoms with Crippen molar-refractivity contribution < 1.29 is 4.79 Å². The Morgan fingerprint density at radius 2 is 2.53 bits per heavy atom. The van der Waals surface area contributed by atoms with E-state index in [1.165, 1.54) is 6.33 Å². The van der Waals surface area contributed by atoms with Crippen molar-refractivity contribution in [2.45, 2.75) is 5.75 Å². The molecule has 9 heteroatoms. The van der Waals surface area contributed by atoms with Gasteiger partial charge in [0.1, 0.15) is 5.69 Å². The molecule has 0 bridgehead atoms. The number of nitrogens with zero attached hydrogens (tertiary/aromatic N) is 3. The number of primary amides is 1. The Labute approximate surface area is 114 Å². The van der Waals surface area contributed by atoms with E-state index < -0.39 is 5.91 Å². The molecule has 102 valence electrons. The minimum atomic E-state index is -0.534. The number of amides is 1. The Morgan fingerprint density at radius 1 is 1.74 bits per heavy atom. The fourth-order valence-corrected chi connectivity index (χ4v) is 2.11. The number of thioether (sulfide) groups is 1. The maximum atomic E-state index is 11.0. The van der Waals surface area contributed by atoms with Gasteiger partial charge in [0.2, 0.25) is 12.2 Å². The molecule has 5 N–H and O–H groups in total. The van der Waals surface area contributed by atoms with Gasteiger partial charge in [0.15, 0.2) is 0 Å². The van der Waals surface area contributed by atoms with Crippen LogP contribution in [0.25, 0.3) is 0 Å². The predicted molar refractivity (Wildman–Crippen MR) is 73.4 cm³/mol. The van der Waals surface area contributed by atoms with Crippen molar-refractivity contribution in [1.82, 2.24) is 20.6 Å². The van der Waals surface area contributed by atoms with Gasteiger partial charge in [-0.25, -0.2) is 4.98 Å². The van der Waals surface area contributed by atoms with Crippen LogP contribution in [0.15, 0.2) is 11.3 Å². The average molecular weight is 281 g/mol. The number of carbonyl (C=O) groups excluding carboxylic acids is 1. The fourth-order valence-electron chi connectivity index (χ4n) is 1.29. The lowest BCUT2D eigenvalue weighted by atomic mass is 10.3. The van der Waals surface area contributed by atoms with E-state index >= 15 is 0 Å². The lowest BCUT2D eigenvalue weighted by molar-refractivity contribution is 0.0995. The number of H-pyrrole nitrogens is 1. The first-order chi connectivity index (χ1) is 9.19. The number of hydrogen-bond acceptors (Lipinski definition) is 5. The Morgan fingerprint density at radius 3 is 3.16 bits per heavy atom. The molecular weight excluding hydrogens is 266 g/mol. The molecule has 0 aliphatic carbocycles. The van der Waals surface area contributed by atoms with E-state index in [2.05, 4.69) is 25.6 Å². The van der Waals surface area contributed by atoms with E-state index in [1.54, 1.807) is 25.0 Å². The number of nitrogens with two attached hydrogens (primary N) is 1. The van der Waals surface area contributed by atoms with E-state index in [0.717, 1.165) is 11.4 Å². The molecule has 0 saturated heterocycles. The monoisotopic (exact) mass is 281 g/mol. The number of rotatable bonds is 6. The number of carbonyl (C=O) groups is 1. The second-order valence-corrected chi connectivity index (χ2v) is 4.49. The third kappa shape index (κ3) is 4.89. The van der Waals surface area contributed by atoms with Crippen LogP contribution in [0.2, 0.25) is 0 Å². The smallest absolute Gasteiger partial charge is 0.269 e. The van der Waals surface area contributed by atoms with Crippen molar-refractivity contribution in [1.29, 1.82) is 5.26 Å². The van der Waals surface area contributed by atoms with E-state index in [9.17, 15) is 4.79 Å². The zero-order valence-corrected chi connectivity index (χ0v) is 11.3. The first-order valence-corrected chi connectivity index (χ1v) is 6.62. The summed E-state index contributed by atoms with van der Waals surface area (Å²) in [6, 6.07) is 0.